The molecule has 0 radical (unpaired) electrons. The molecular formula is C13H18BrClN2O. The van der Waals surface area contributed by atoms with E-state index < -0.39 is 0 Å². The Balaban J connectivity index is 0.00000162. The van der Waals surface area contributed by atoms with Crippen molar-refractivity contribution in [3.63, 3.8) is 0 Å². The number of hydrogen-bond acceptors (Lipinski definition) is 2. The summed E-state index contributed by atoms with van der Waals surface area (Å²) in [5.41, 5.74) is 6.47. The van der Waals surface area contributed by atoms with Crippen LogP contribution in [0.4, 0.5) is 0 Å². The molecule has 1 fully saturated rings. The number of carbonyl (C=O) groups excluding carboxylic acids is 1. The van der Waals surface area contributed by atoms with E-state index in [9.17, 15) is 4.79 Å². The van der Waals surface area contributed by atoms with Gasteiger partial charge in [-0.1, -0.05) is 28.1 Å². The van der Waals surface area contributed by atoms with Gasteiger partial charge in [0.15, 0.2) is 0 Å². The van der Waals surface area contributed by atoms with Crippen molar-refractivity contribution in [2.75, 3.05) is 6.54 Å². The Hall–Kier alpha value is -0.580. The van der Waals surface area contributed by atoms with Gasteiger partial charge in [0.1, 0.15) is 0 Å². The molecule has 100 valence electrons. The predicted molar refractivity (Wildman–Crippen MR) is 78.7 cm³/mol. The molecule has 3 nitrogen and oxygen atoms in total. The molecule has 0 aromatic heterocycles. The third-order valence-corrected chi connectivity index (χ3v) is 3.61. The predicted octanol–water partition coefficient (Wildman–Crippen LogP) is 2.72. The van der Waals surface area contributed by atoms with E-state index in [1.54, 1.807) is 0 Å². The summed E-state index contributed by atoms with van der Waals surface area (Å²) in [5, 5.41) is 3.13. The van der Waals surface area contributed by atoms with Crippen molar-refractivity contribution < 1.29 is 4.79 Å². The molecule has 1 aromatic rings. The van der Waals surface area contributed by atoms with E-state index in [0.717, 1.165) is 23.7 Å². The van der Waals surface area contributed by atoms with Gasteiger partial charge < -0.3 is 11.1 Å². The molecule has 1 aliphatic rings. The molecule has 2 rings (SSSR count). The van der Waals surface area contributed by atoms with Gasteiger partial charge in [0.05, 0.1) is 5.54 Å². The van der Waals surface area contributed by atoms with Gasteiger partial charge in [-0.2, -0.15) is 0 Å². The van der Waals surface area contributed by atoms with Crippen LogP contribution < -0.4 is 11.1 Å². The number of halogens is 2. The van der Waals surface area contributed by atoms with E-state index in [0.29, 0.717) is 13.0 Å². The minimum atomic E-state index is -0.116. The van der Waals surface area contributed by atoms with Crippen LogP contribution in [0.1, 0.15) is 31.2 Å². The van der Waals surface area contributed by atoms with E-state index >= 15 is 0 Å². The van der Waals surface area contributed by atoms with Crippen LogP contribution in [0.3, 0.4) is 0 Å². The van der Waals surface area contributed by atoms with Crippen molar-refractivity contribution in [1.82, 2.24) is 5.32 Å². The largest absolute Gasteiger partial charge is 0.347 e. The second-order valence-corrected chi connectivity index (χ2v) is 5.45. The maximum atomic E-state index is 11.7. The average Bonchev–Trinajstić information content (AvgIpc) is 3.07. The smallest absolute Gasteiger partial charge is 0.220 e. The number of amides is 1. The van der Waals surface area contributed by atoms with Crippen LogP contribution in [0.5, 0.6) is 0 Å². The van der Waals surface area contributed by atoms with Gasteiger partial charge in [0, 0.05) is 10.9 Å². The third kappa shape index (κ3) is 3.70. The quantitative estimate of drug-likeness (QED) is 0.870. The fourth-order valence-corrected chi connectivity index (χ4v) is 2.39. The lowest BCUT2D eigenvalue weighted by atomic mass is 10.0. The molecular weight excluding hydrogens is 316 g/mol. The van der Waals surface area contributed by atoms with Gasteiger partial charge in [-0.15, -0.1) is 12.4 Å². The van der Waals surface area contributed by atoms with Crippen LogP contribution in [0.15, 0.2) is 28.7 Å². The van der Waals surface area contributed by atoms with Crippen LogP contribution in [-0.4, -0.2) is 12.5 Å². The summed E-state index contributed by atoms with van der Waals surface area (Å²) in [6, 6.07) is 8.15. The lowest BCUT2D eigenvalue weighted by molar-refractivity contribution is -0.122. The van der Waals surface area contributed by atoms with Crippen molar-refractivity contribution in [2.24, 2.45) is 5.73 Å². The highest BCUT2D eigenvalue weighted by atomic mass is 79.9. The summed E-state index contributed by atoms with van der Waals surface area (Å²) < 4.78 is 1.05. The Morgan fingerprint density at radius 3 is 2.72 bits per heavy atom. The van der Waals surface area contributed by atoms with Crippen molar-refractivity contribution in [2.45, 2.75) is 31.2 Å². The van der Waals surface area contributed by atoms with Gasteiger partial charge in [0.25, 0.3) is 0 Å². The van der Waals surface area contributed by atoms with Crippen molar-refractivity contribution >= 4 is 34.2 Å². The Morgan fingerprint density at radius 1 is 1.44 bits per heavy atom. The maximum Gasteiger partial charge on any atom is 0.220 e. The second kappa shape index (κ2) is 6.55. The summed E-state index contributed by atoms with van der Waals surface area (Å²) in [6.07, 6.45) is 3.32. The molecule has 0 heterocycles. The van der Waals surface area contributed by atoms with E-state index in [4.69, 9.17) is 5.73 Å². The van der Waals surface area contributed by atoms with Gasteiger partial charge in [-0.25, -0.2) is 0 Å². The van der Waals surface area contributed by atoms with Crippen LogP contribution in [0.25, 0.3) is 0 Å². The average molecular weight is 334 g/mol. The van der Waals surface area contributed by atoms with Crippen molar-refractivity contribution in [1.29, 1.82) is 0 Å². The van der Waals surface area contributed by atoms with E-state index in [2.05, 4.69) is 33.4 Å². The van der Waals surface area contributed by atoms with E-state index in [1.807, 2.05) is 12.1 Å². The molecule has 0 unspecified atom stereocenters. The number of nitrogens with one attached hydrogen (secondary N) is 1. The summed E-state index contributed by atoms with van der Waals surface area (Å²) in [5.74, 6) is 0.105. The maximum absolute atomic E-state index is 11.7. The molecule has 5 heteroatoms. The molecule has 0 aliphatic heterocycles. The van der Waals surface area contributed by atoms with E-state index in [1.165, 1.54) is 5.56 Å². The molecule has 1 aliphatic carbocycles. The second-order valence-electron chi connectivity index (χ2n) is 4.53. The number of rotatable bonds is 5. The number of benzene rings is 1. The number of carbonyl (C=O) groups is 1. The van der Waals surface area contributed by atoms with Crippen molar-refractivity contribution in [3.8, 4) is 0 Å². The Morgan fingerprint density at radius 2 is 2.17 bits per heavy atom. The van der Waals surface area contributed by atoms with E-state index in [-0.39, 0.29) is 23.9 Å². The molecule has 0 saturated heterocycles. The van der Waals surface area contributed by atoms with Crippen LogP contribution in [0.2, 0.25) is 0 Å². The molecule has 3 N–H and O–H groups in total. The SMILES string of the molecule is Cl.NCCCC(=O)NC1(c2cccc(Br)c2)CC1. The highest BCUT2D eigenvalue weighted by Crippen LogP contribution is 2.46. The van der Waals surface area contributed by atoms with Gasteiger partial charge in [0.2, 0.25) is 5.91 Å². The highest BCUT2D eigenvalue weighted by molar-refractivity contribution is 9.10. The molecule has 1 amide bonds. The Bertz CT molecular complexity index is 421. The Kier molecular flexibility index (Phi) is 5.63. The summed E-state index contributed by atoms with van der Waals surface area (Å²) in [4.78, 5) is 11.7. The summed E-state index contributed by atoms with van der Waals surface area (Å²) >= 11 is 3.46. The van der Waals surface area contributed by atoms with Crippen LogP contribution in [-0.2, 0) is 10.3 Å². The first-order valence-electron chi connectivity index (χ1n) is 5.93. The van der Waals surface area contributed by atoms with Crippen LogP contribution >= 0.6 is 28.3 Å². The molecule has 0 spiro atoms. The molecule has 1 aromatic carbocycles. The molecule has 1 saturated carbocycles. The molecule has 0 bridgehead atoms. The zero-order valence-corrected chi connectivity index (χ0v) is 12.5. The third-order valence-electron chi connectivity index (χ3n) is 3.11. The molecule has 18 heavy (non-hydrogen) atoms. The monoisotopic (exact) mass is 332 g/mol. The number of hydrogen-bond donors (Lipinski definition) is 2. The number of nitrogens with two attached hydrogens (primary N) is 1. The minimum Gasteiger partial charge on any atom is -0.347 e. The van der Waals surface area contributed by atoms with Crippen LogP contribution in [0, 0.1) is 0 Å². The highest BCUT2D eigenvalue weighted by Gasteiger charge is 2.45. The minimum absolute atomic E-state index is 0. The standard InChI is InChI=1S/C13H17BrN2O.ClH/c14-11-4-1-3-10(9-11)13(6-7-13)16-12(17)5-2-8-15;/h1,3-4,9H,2,5-8,15H2,(H,16,17);1H. The normalized spacial score (nSPS) is 15.7. The first-order chi connectivity index (χ1) is 8.16. The first-order valence-corrected chi connectivity index (χ1v) is 6.73. The zero-order valence-electron chi connectivity index (χ0n) is 10.1. The summed E-state index contributed by atoms with van der Waals surface area (Å²) in [6.45, 7) is 0.567. The lowest BCUT2D eigenvalue weighted by Crippen LogP contribution is -2.34. The van der Waals surface area contributed by atoms with Gasteiger partial charge >= 0.3 is 0 Å². The Labute approximate surface area is 122 Å². The van der Waals surface area contributed by atoms with Crippen molar-refractivity contribution in [3.05, 3.63) is 34.3 Å². The fourth-order valence-electron chi connectivity index (χ4n) is 1.99. The first kappa shape index (κ1) is 15.5. The fraction of sp³-hybridized carbons (Fsp3) is 0.462. The zero-order chi connectivity index (χ0) is 12.3. The lowest BCUT2D eigenvalue weighted by Gasteiger charge is -2.18. The topological polar surface area (TPSA) is 55.1 Å². The van der Waals surface area contributed by atoms with Gasteiger partial charge in [-0.3, -0.25) is 4.79 Å². The summed E-state index contributed by atoms with van der Waals surface area (Å²) in [7, 11) is 0. The molecule has 0 atom stereocenters. The van der Waals surface area contributed by atoms with Gasteiger partial charge in [-0.05, 0) is 43.5 Å².